The van der Waals surface area contributed by atoms with E-state index in [4.69, 9.17) is 4.74 Å². The van der Waals surface area contributed by atoms with Crippen LogP contribution < -0.4 is 5.32 Å². The van der Waals surface area contributed by atoms with E-state index in [1.54, 1.807) is 0 Å². The van der Waals surface area contributed by atoms with Crippen LogP contribution in [0.25, 0.3) is 0 Å². The topological polar surface area (TPSA) is 38.3 Å². The number of hydrogen-bond acceptors (Lipinski definition) is 4. The summed E-state index contributed by atoms with van der Waals surface area (Å²) in [4.78, 5) is 11.4. The van der Waals surface area contributed by atoms with E-state index in [1.807, 2.05) is 11.8 Å². The van der Waals surface area contributed by atoms with Gasteiger partial charge in [0.2, 0.25) is 0 Å². The Kier molecular flexibility index (Phi) is 10.9. The summed E-state index contributed by atoms with van der Waals surface area (Å²) in [7, 11) is 0. The number of ether oxygens (including phenoxy) is 1. The predicted molar refractivity (Wildman–Crippen MR) is 88.3 cm³/mol. The van der Waals surface area contributed by atoms with Crippen LogP contribution in [0.2, 0.25) is 0 Å². The van der Waals surface area contributed by atoms with Gasteiger partial charge in [-0.1, -0.05) is 39.5 Å². The molecule has 114 valence electrons. The molecule has 0 aliphatic carbocycles. The molecule has 3 nitrogen and oxygen atoms in total. The van der Waals surface area contributed by atoms with E-state index in [2.05, 4.69) is 39.3 Å². The molecule has 0 fully saturated rings. The van der Waals surface area contributed by atoms with E-state index < -0.39 is 0 Å². The zero-order valence-electron chi connectivity index (χ0n) is 13.0. The van der Waals surface area contributed by atoms with Crippen molar-refractivity contribution in [2.24, 2.45) is 11.3 Å². The molecule has 1 amide bonds. The number of rotatable bonds is 10. The number of thioether (sulfide) groups is 2. The quantitative estimate of drug-likeness (QED) is 0.622. The lowest BCUT2D eigenvalue weighted by Gasteiger charge is -2.23. The Hall–Kier alpha value is 0.130. The molecule has 0 rings (SSSR count). The van der Waals surface area contributed by atoms with Crippen LogP contribution in [0.1, 0.15) is 34.1 Å². The van der Waals surface area contributed by atoms with Gasteiger partial charge in [0, 0.05) is 18.9 Å². The molecule has 1 N–H and O–H groups in total. The normalized spacial score (nSPS) is 11.9. The highest BCUT2D eigenvalue weighted by Crippen LogP contribution is 2.24. The second-order valence-corrected chi connectivity index (χ2v) is 7.74. The Balaban J connectivity index is 3.43. The third kappa shape index (κ3) is 12.9. The van der Waals surface area contributed by atoms with Crippen molar-refractivity contribution in [3.05, 3.63) is 0 Å². The van der Waals surface area contributed by atoms with Gasteiger partial charge in [-0.25, -0.2) is 0 Å². The first-order chi connectivity index (χ1) is 8.87. The van der Waals surface area contributed by atoms with Gasteiger partial charge in [0.1, 0.15) is 0 Å². The fourth-order valence-corrected chi connectivity index (χ4v) is 3.05. The lowest BCUT2D eigenvalue weighted by Crippen LogP contribution is -2.25. The number of amides is 1. The Morgan fingerprint density at radius 3 is 2.58 bits per heavy atom. The van der Waals surface area contributed by atoms with Crippen LogP contribution in [0.15, 0.2) is 0 Å². The number of hydrogen-bond donors (Lipinski definition) is 1. The second-order valence-electron chi connectivity index (χ2n) is 5.88. The number of carbonyl (C=O) groups is 1. The molecule has 0 bridgehead atoms. The fraction of sp³-hybridized carbons (Fsp3) is 0.929. The Morgan fingerprint density at radius 1 is 1.32 bits per heavy atom. The first-order valence-corrected chi connectivity index (χ1v) is 9.22. The van der Waals surface area contributed by atoms with Crippen LogP contribution in [-0.2, 0) is 4.74 Å². The van der Waals surface area contributed by atoms with Crippen molar-refractivity contribution in [1.82, 2.24) is 5.32 Å². The lowest BCUT2D eigenvalue weighted by atomic mass is 9.92. The van der Waals surface area contributed by atoms with Gasteiger partial charge in [-0.2, -0.15) is 11.8 Å². The first kappa shape index (κ1) is 19.1. The van der Waals surface area contributed by atoms with Crippen LogP contribution in [0.3, 0.4) is 0 Å². The summed E-state index contributed by atoms with van der Waals surface area (Å²) >= 11 is 3.22. The van der Waals surface area contributed by atoms with Gasteiger partial charge in [0.15, 0.2) is 0 Å². The van der Waals surface area contributed by atoms with E-state index in [9.17, 15) is 4.79 Å². The van der Waals surface area contributed by atoms with Crippen molar-refractivity contribution in [2.45, 2.75) is 34.1 Å². The van der Waals surface area contributed by atoms with E-state index in [1.165, 1.54) is 11.8 Å². The molecule has 0 heterocycles. The molecule has 0 aliphatic heterocycles. The maximum Gasteiger partial charge on any atom is 0.279 e. The standard InChI is InChI=1S/C14H29NO2S2/c1-12(2)10-19-13(16)15-7-9-17-8-6-14(3,4)11-18-5/h12H,6-11H2,1-5H3,(H,15,16). The minimum atomic E-state index is 0.0556. The molecule has 0 aromatic heterocycles. The summed E-state index contributed by atoms with van der Waals surface area (Å²) < 4.78 is 5.56. The van der Waals surface area contributed by atoms with Gasteiger partial charge < -0.3 is 10.1 Å². The summed E-state index contributed by atoms with van der Waals surface area (Å²) in [5.41, 5.74) is 0.329. The fourth-order valence-electron chi connectivity index (χ4n) is 1.43. The zero-order valence-corrected chi connectivity index (χ0v) is 14.6. The van der Waals surface area contributed by atoms with Gasteiger partial charge in [-0.05, 0) is 29.8 Å². The highest BCUT2D eigenvalue weighted by molar-refractivity contribution is 8.13. The average molecular weight is 308 g/mol. The Morgan fingerprint density at radius 2 is 2.00 bits per heavy atom. The molecule has 0 saturated carbocycles. The van der Waals surface area contributed by atoms with Gasteiger partial charge >= 0.3 is 0 Å². The number of carbonyl (C=O) groups excluding carboxylic acids is 1. The second kappa shape index (κ2) is 10.9. The third-order valence-electron chi connectivity index (χ3n) is 2.52. The van der Waals surface area contributed by atoms with E-state index >= 15 is 0 Å². The van der Waals surface area contributed by atoms with Gasteiger partial charge in [0.25, 0.3) is 5.24 Å². The monoisotopic (exact) mass is 307 g/mol. The number of nitrogens with one attached hydrogen (secondary N) is 1. The molecule has 0 unspecified atom stereocenters. The van der Waals surface area contributed by atoms with Crippen molar-refractivity contribution in [1.29, 1.82) is 0 Å². The van der Waals surface area contributed by atoms with E-state index in [0.717, 1.165) is 24.5 Å². The first-order valence-electron chi connectivity index (χ1n) is 6.84. The maximum absolute atomic E-state index is 11.4. The van der Waals surface area contributed by atoms with E-state index in [0.29, 0.717) is 24.5 Å². The smallest absolute Gasteiger partial charge is 0.279 e. The lowest BCUT2D eigenvalue weighted by molar-refractivity contribution is 0.112. The van der Waals surface area contributed by atoms with Gasteiger partial charge in [-0.15, -0.1) is 0 Å². The molecule has 0 spiro atoms. The minimum absolute atomic E-state index is 0.0556. The SMILES string of the molecule is CSCC(C)(C)CCOCCNC(=O)SCC(C)C. The summed E-state index contributed by atoms with van der Waals surface area (Å²) in [5.74, 6) is 2.57. The molecule has 0 aromatic rings. The van der Waals surface area contributed by atoms with Gasteiger partial charge in [-0.3, -0.25) is 4.79 Å². The molecule has 0 atom stereocenters. The molecule has 0 aromatic carbocycles. The average Bonchev–Trinajstić information content (AvgIpc) is 2.30. The molecular weight excluding hydrogens is 278 g/mol. The maximum atomic E-state index is 11.4. The largest absolute Gasteiger partial charge is 0.380 e. The van der Waals surface area contributed by atoms with Crippen LogP contribution in [0, 0.1) is 11.3 Å². The van der Waals surface area contributed by atoms with E-state index in [-0.39, 0.29) is 5.24 Å². The van der Waals surface area contributed by atoms with Crippen molar-refractivity contribution in [2.75, 3.05) is 37.5 Å². The molecular formula is C14H29NO2S2. The summed E-state index contributed by atoms with van der Waals surface area (Å²) in [6, 6.07) is 0. The highest BCUT2D eigenvalue weighted by Gasteiger charge is 2.16. The Bertz CT molecular complexity index is 246. The molecule has 5 heteroatoms. The van der Waals surface area contributed by atoms with Crippen LogP contribution >= 0.6 is 23.5 Å². The minimum Gasteiger partial charge on any atom is -0.380 e. The summed E-state index contributed by atoms with van der Waals surface area (Å²) in [6.07, 6.45) is 3.19. The summed E-state index contributed by atoms with van der Waals surface area (Å²) in [6.45, 7) is 10.7. The molecule has 19 heavy (non-hydrogen) atoms. The Labute approximate surface area is 127 Å². The highest BCUT2D eigenvalue weighted by atomic mass is 32.2. The van der Waals surface area contributed by atoms with Crippen molar-refractivity contribution in [3.8, 4) is 0 Å². The van der Waals surface area contributed by atoms with Gasteiger partial charge in [0.05, 0.1) is 6.61 Å². The molecule has 0 saturated heterocycles. The summed E-state index contributed by atoms with van der Waals surface area (Å²) in [5, 5.41) is 2.91. The third-order valence-corrected chi connectivity index (χ3v) is 4.83. The molecule has 0 radical (unpaired) electrons. The van der Waals surface area contributed by atoms with Crippen molar-refractivity contribution >= 4 is 28.8 Å². The molecule has 0 aliphatic rings. The van der Waals surface area contributed by atoms with Crippen LogP contribution in [-0.4, -0.2) is 42.8 Å². The van der Waals surface area contributed by atoms with Crippen LogP contribution in [0.5, 0.6) is 0 Å². The van der Waals surface area contributed by atoms with Crippen molar-refractivity contribution in [3.63, 3.8) is 0 Å². The predicted octanol–water partition coefficient (Wildman–Crippen LogP) is 3.88. The zero-order chi connectivity index (χ0) is 14.7. The van der Waals surface area contributed by atoms with Crippen LogP contribution in [0.4, 0.5) is 4.79 Å². The van der Waals surface area contributed by atoms with Crippen molar-refractivity contribution < 1.29 is 9.53 Å².